The van der Waals surface area contributed by atoms with Crippen molar-refractivity contribution in [1.29, 1.82) is 0 Å². The van der Waals surface area contributed by atoms with Gasteiger partial charge in [0.15, 0.2) is 6.61 Å². The predicted molar refractivity (Wildman–Crippen MR) is 79.6 cm³/mol. The Labute approximate surface area is 117 Å². The first kappa shape index (κ1) is 15.5. The van der Waals surface area contributed by atoms with E-state index in [9.17, 15) is 4.79 Å². The summed E-state index contributed by atoms with van der Waals surface area (Å²) in [6.07, 6.45) is 0.996. The first-order valence-electron chi connectivity index (χ1n) is 6.93. The lowest BCUT2D eigenvalue weighted by Gasteiger charge is -2.12. The van der Waals surface area contributed by atoms with E-state index in [1.165, 1.54) is 5.56 Å². The zero-order chi connectivity index (χ0) is 14.1. The van der Waals surface area contributed by atoms with Crippen LogP contribution in [-0.2, 0) is 4.79 Å². The Bertz CT molecular complexity index is 376. The van der Waals surface area contributed by atoms with Gasteiger partial charge in [0.25, 0.3) is 5.91 Å². The highest BCUT2D eigenvalue weighted by atomic mass is 16.5. The maximum atomic E-state index is 11.6. The number of rotatable bonds is 4. The van der Waals surface area contributed by atoms with Crippen molar-refractivity contribution >= 4 is 5.91 Å². The van der Waals surface area contributed by atoms with Gasteiger partial charge in [-0.2, -0.15) is 0 Å². The molecule has 2 rings (SSSR count). The summed E-state index contributed by atoms with van der Waals surface area (Å²) in [5.41, 5.74) is 1.18. The quantitative estimate of drug-likeness (QED) is 0.877. The van der Waals surface area contributed by atoms with Gasteiger partial charge in [0.05, 0.1) is 0 Å². The van der Waals surface area contributed by atoms with Crippen LogP contribution in [0.2, 0.25) is 0 Å². The number of ether oxygens (including phenoxy) is 1. The predicted octanol–water partition coefficient (Wildman–Crippen LogP) is 2.12. The van der Waals surface area contributed by atoms with Crippen molar-refractivity contribution in [1.82, 2.24) is 10.6 Å². The van der Waals surface area contributed by atoms with Crippen molar-refractivity contribution in [3.8, 4) is 5.75 Å². The topological polar surface area (TPSA) is 50.4 Å². The molecule has 0 aliphatic carbocycles. The fourth-order valence-corrected chi connectivity index (χ4v) is 1.83. The SMILES string of the molecule is CC.Cc1ccc(OCC(=O)N[C@H]2CCNC2)cc1.[HH]. The van der Waals surface area contributed by atoms with Crippen LogP contribution in [0.4, 0.5) is 0 Å². The van der Waals surface area contributed by atoms with Crippen molar-refractivity contribution in [2.24, 2.45) is 0 Å². The van der Waals surface area contributed by atoms with Crippen LogP contribution in [-0.4, -0.2) is 31.6 Å². The summed E-state index contributed by atoms with van der Waals surface area (Å²) < 4.78 is 5.40. The Morgan fingerprint density at radius 3 is 2.68 bits per heavy atom. The van der Waals surface area contributed by atoms with E-state index in [0.717, 1.165) is 25.3 Å². The average molecular weight is 266 g/mol. The van der Waals surface area contributed by atoms with Gasteiger partial charge in [0.1, 0.15) is 5.75 Å². The van der Waals surface area contributed by atoms with Crippen LogP contribution in [0.25, 0.3) is 0 Å². The highest BCUT2D eigenvalue weighted by Gasteiger charge is 2.16. The van der Waals surface area contributed by atoms with E-state index < -0.39 is 0 Å². The first-order chi connectivity index (χ1) is 9.24. The summed E-state index contributed by atoms with van der Waals surface area (Å²) in [6, 6.07) is 7.94. The molecule has 0 spiro atoms. The minimum atomic E-state index is -0.0562. The van der Waals surface area contributed by atoms with Gasteiger partial charge in [0, 0.05) is 14.0 Å². The molecule has 0 bridgehead atoms. The molecule has 1 aliphatic rings. The third-order valence-electron chi connectivity index (χ3n) is 2.82. The Kier molecular flexibility index (Phi) is 6.97. The number of carbonyl (C=O) groups excluding carboxylic acids is 1. The molecule has 1 saturated heterocycles. The maximum Gasteiger partial charge on any atom is 0.258 e. The molecule has 4 heteroatoms. The molecule has 1 aromatic carbocycles. The highest BCUT2D eigenvalue weighted by Crippen LogP contribution is 2.11. The number of hydrogen-bond donors (Lipinski definition) is 2. The Morgan fingerprint density at radius 2 is 2.11 bits per heavy atom. The molecule has 0 unspecified atom stereocenters. The smallest absolute Gasteiger partial charge is 0.258 e. The van der Waals surface area contributed by atoms with E-state index in [1.807, 2.05) is 45.0 Å². The normalized spacial score (nSPS) is 17.3. The van der Waals surface area contributed by atoms with Gasteiger partial charge in [0.2, 0.25) is 0 Å². The molecule has 0 saturated carbocycles. The Hall–Kier alpha value is -1.55. The zero-order valence-corrected chi connectivity index (χ0v) is 12.0. The van der Waals surface area contributed by atoms with Crippen LogP contribution in [0, 0.1) is 6.92 Å². The van der Waals surface area contributed by atoms with E-state index in [4.69, 9.17) is 4.74 Å². The second-order valence-electron chi connectivity index (χ2n) is 4.36. The lowest BCUT2D eigenvalue weighted by atomic mass is 10.2. The number of aryl methyl sites for hydroxylation is 1. The van der Waals surface area contributed by atoms with Crippen molar-refractivity contribution < 1.29 is 11.0 Å². The van der Waals surface area contributed by atoms with Gasteiger partial charge in [-0.15, -0.1) is 0 Å². The van der Waals surface area contributed by atoms with Crippen LogP contribution in [0.5, 0.6) is 5.75 Å². The molecule has 108 valence electrons. The summed E-state index contributed by atoms with van der Waals surface area (Å²) >= 11 is 0. The van der Waals surface area contributed by atoms with E-state index in [0.29, 0.717) is 0 Å². The highest BCUT2D eigenvalue weighted by molar-refractivity contribution is 5.77. The van der Waals surface area contributed by atoms with Crippen molar-refractivity contribution in [2.45, 2.75) is 33.2 Å². The molecule has 1 aromatic rings. The molecule has 1 amide bonds. The van der Waals surface area contributed by atoms with Gasteiger partial charge in [-0.25, -0.2) is 0 Å². The molecule has 1 fully saturated rings. The third kappa shape index (κ3) is 5.75. The molecule has 19 heavy (non-hydrogen) atoms. The fraction of sp³-hybridized carbons (Fsp3) is 0.533. The summed E-state index contributed by atoms with van der Waals surface area (Å²) in [6.45, 7) is 7.93. The summed E-state index contributed by atoms with van der Waals surface area (Å²) in [5.74, 6) is 0.676. The second-order valence-corrected chi connectivity index (χ2v) is 4.36. The van der Waals surface area contributed by atoms with Crippen LogP contribution in [0.15, 0.2) is 24.3 Å². The number of nitrogens with one attached hydrogen (secondary N) is 2. The molecule has 4 nitrogen and oxygen atoms in total. The first-order valence-corrected chi connectivity index (χ1v) is 6.93. The minimum Gasteiger partial charge on any atom is -0.484 e. The van der Waals surface area contributed by atoms with Crippen molar-refractivity contribution in [3.05, 3.63) is 29.8 Å². The number of carbonyl (C=O) groups is 1. The Balaban J connectivity index is 0.00000115. The number of benzene rings is 1. The van der Waals surface area contributed by atoms with Gasteiger partial charge >= 0.3 is 0 Å². The van der Waals surface area contributed by atoms with Gasteiger partial charge in [-0.1, -0.05) is 31.5 Å². The number of hydrogen-bond acceptors (Lipinski definition) is 3. The van der Waals surface area contributed by atoms with Gasteiger partial charge in [-0.05, 0) is 32.0 Å². The fourth-order valence-electron chi connectivity index (χ4n) is 1.83. The third-order valence-corrected chi connectivity index (χ3v) is 2.82. The molecular weight excluding hydrogens is 240 g/mol. The molecule has 1 atom stereocenters. The largest absolute Gasteiger partial charge is 0.484 e. The molecule has 1 aliphatic heterocycles. The van der Waals surface area contributed by atoms with E-state index in [1.54, 1.807) is 0 Å². The molecule has 0 radical (unpaired) electrons. The molecule has 1 heterocycles. The van der Waals surface area contributed by atoms with Crippen LogP contribution >= 0.6 is 0 Å². The lowest BCUT2D eigenvalue weighted by Crippen LogP contribution is -2.39. The summed E-state index contributed by atoms with van der Waals surface area (Å²) in [7, 11) is 0. The van der Waals surface area contributed by atoms with E-state index in [2.05, 4.69) is 10.6 Å². The Morgan fingerprint density at radius 1 is 1.42 bits per heavy atom. The molecule has 2 N–H and O–H groups in total. The van der Waals surface area contributed by atoms with Gasteiger partial charge in [-0.3, -0.25) is 4.79 Å². The van der Waals surface area contributed by atoms with Crippen LogP contribution in [0.3, 0.4) is 0 Å². The van der Waals surface area contributed by atoms with Crippen molar-refractivity contribution in [3.63, 3.8) is 0 Å². The molecular formula is C15H26N2O2. The minimum absolute atomic E-state index is 0. The average Bonchev–Trinajstić information content (AvgIpc) is 2.93. The van der Waals surface area contributed by atoms with Crippen molar-refractivity contribution in [2.75, 3.05) is 19.7 Å². The molecule has 0 aromatic heterocycles. The second kappa shape index (κ2) is 8.53. The van der Waals surface area contributed by atoms with Crippen LogP contribution < -0.4 is 15.4 Å². The maximum absolute atomic E-state index is 11.6. The van der Waals surface area contributed by atoms with E-state index >= 15 is 0 Å². The lowest BCUT2D eigenvalue weighted by molar-refractivity contribution is -0.123. The number of amides is 1. The van der Waals surface area contributed by atoms with Gasteiger partial charge < -0.3 is 15.4 Å². The van der Waals surface area contributed by atoms with E-state index in [-0.39, 0.29) is 20.0 Å². The monoisotopic (exact) mass is 266 g/mol. The standard InChI is InChI=1S/C13H18N2O2.C2H6.H2/c1-10-2-4-12(5-3-10)17-9-13(16)15-11-6-7-14-8-11;1-2;/h2-5,11,14H,6-9H2,1H3,(H,15,16);1-2H3;1H/t11-;;/m0../s1. The van der Waals surface area contributed by atoms with Crippen LogP contribution in [0.1, 0.15) is 27.3 Å². The summed E-state index contributed by atoms with van der Waals surface area (Å²) in [4.78, 5) is 11.6. The zero-order valence-electron chi connectivity index (χ0n) is 12.0. The summed E-state index contributed by atoms with van der Waals surface area (Å²) in [5, 5.41) is 6.14.